The lowest BCUT2D eigenvalue weighted by Gasteiger charge is -2.39. The number of nitrogens with two attached hydrogens (primary N) is 1. The molecule has 1 amide bonds. The van der Waals surface area contributed by atoms with Crippen molar-refractivity contribution in [2.75, 3.05) is 6.61 Å². The maximum absolute atomic E-state index is 11.9. The van der Waals surface area contributed by atoms with Crippen LogP contribution in [0.25, 0.3) is 0 Å². The second kappa shape index (κ2) is 6.27. The quantitative estimate of drug-likeness (QED) is 0.886. The molecule has 0 aromatic heterocycles. The van der Waals surface area contributed by atoms with Crippen LogP contribution in [-0.4, -0.2) is 18.6 Å². The van der Waals surface area contributed by atoms with Gasteiger partial charge in [-0.15, -0.1) is 0 Å². The molecule has 1 aliphatic heterocycles. The van der Waals surface area contributed by atoms with Gasteiger partial charge in [-0.2, -0.15) is 0 Å². The molecular weight excluding hydrogens is 252 g/mol. The smallest absolute Gasteiger partial charge is 0.222 e. The molecule has 1 aromatic rings. The van der Waals surface area contributed by atoms with Gasteiger partial charge in [-0.25, -0.2) is 0 Å². The van der Waals surface area contributed by atoms with E-state index in [-0.39, 0.29) is 23.8 Å². The van der Waals surface area contributed by atoms with Crippen LogP contribution in [0.3, 0.4) is 0 Å². The van der Waals surface area contributed by atoms with E-state index in [0.717, 1.165) is 17.7 Å². The van der Waals surface area contributed by atoms with E-state index in [0.29, 0.717) is 12.6 Å². The third-order valence-corrected chi connectivity index (χ3v) is 4.04. The number of hydrogen-bond donors (Lipinski definition) is 2. The molecule has 0 saturated carbocycles. The van der Waals surface area contributed by atoms with E-state index in [9.17, 15) is 4.79 Å². The highest BCUT2D eigenvalue weighted by atomic mass is 16.5. The summed E-state index contributed by atoms with van der Waals surface area (Å²) in [6, 6.07) is 8.17. The van der Waals surface area contributed by atoms with Crippen LogP contribution in [0.2, 0.25) is 0 Å². The third-order valence-electron chi connectivity index (χ3n) is 4.04. The number of primary amides is 1. The molecule has 2 rings (SSSR count). The van der Waals surface area contributed by atoms with E-state index in [1.807, 2.05) is 31.2 Å². The highest BCUT2D eigenvalue weighted by Crippen LogP contribution is 2.38. The molecule has 4 heteroatoms. The van der Waals surface area contributed by atoms with Gasteiger partial charge < -0.3 is 15.8 Å². The van der Waals surface area contributed by atoms with E-state index in [4.69, 9.17) is 10.5 Å². The monoisotopic (exact) mass is 276 g/mol. The summed E-state index contributed by atoms with van der Waals surface area (Å²) in [6.45, 7) is 6.81. The molecule has 1 aromatic carbocycles. The van der Waals surface area contributed by atoms with E-state index >= 15 is 0 Å². The average Bonchev–Trinajstić information content (AvgIpc) is 2.38. The normalized spacial score (nSPS) is 29.9. The lowest BCUT2D eigenvalue weighted by Crippen LogP contribution is -2.49. The zero-order valence-corrected chi connectivity index (χ0v) is 12.4. The van der Waals surface area contributed by atoms with Crippen LogP contribution in [0.1, 0.15) is 38.8 Å². The van der Waals surface area contributed by atoms with Crippen molar-refractivity contribution in [3.8, 4) is 5.75 Å². The van der Waals surface area contributed by atoms with Crippen LogP contribution in [0, 0.1) is 11.8 Å². The fraction of sp³-hybridized carbons (Fsp3) is 0.562. The molecule has 1 fully saturated rings. The molecular formula is C16H24N2O2. The molecule has 1 aliphatic rings. The SMILES string of the molecule is CCOc1ccccc1C1NC(C)CC(C)C1C(N)=O. The Morgan fingerprint density at radius 2 is 2.10 bits per heavy atom. The first kappa shape index (κ1) is 14.9. The molecule has 0 bridgehead atoms. The van der Waals surface area contributed by atoms with Crippen LogP contribution in [0.5, 0.6) is 5.75 Å². The molecule has 3 N–H and O–H groups in total. The predicted molar refractivity (Wildman–Crippen MR) is 79.4 cm³/mol. The van der Waals surface area contributed by atoms with Crippen molar-refractivity contribution in [1.29, 1.82) is 0 Å². The van der Waals surface area contributed by atoms with Crippen LogP contribution in [0.4, 0.5) is 0 Å². The number of rotatable bonds is 4. The van der Waals surface area contributed by atoms with Crippen molar-refractivity contribution in [1.82, 2.24) is 5.32 Å². The lowest BCUT2D eigenvalue weighted by atomic mass is 9.76. The van der Waals surface area contributed by atoms with Crippen molar-refractivity contribution < 1.29 is 9.53 Å². The zero-order chi connectivity index (χ0) is 14.7. The number of ether oxygens (including phenoxy) is 1. The molecule has 1 heterocycles. The fourth-order valence-corrected chi connectivity index (χ4v) is 3.26. The van der Waals surface area contributed by atoms with Gasteiger partial charge in [0.2, 0.25) is 5.91 Å². The lowest BCUT2D eigenvalue weighted by molar-refractivity contribution is -0.125. The third kappa shape index (κ3) is 2.96. The second-order valence-electron chi connectivity index (χ2n) is 5.66. The van der Waals surface area contributed by atoms with Gasteiger partial charge in [0.1, 0.15) is 5.75 Å². The molecule has 0 spiro atoms. The number of carbonyl (C=O) groups is 1. The molecule has 4 unspecified atom stereocenters. The summed E-state index contributed by atoms with van der Waals surface area (Å²) >= 11 is 0. The summed E-state index contributed by atoms with van der Waals surface area (Å²) in [5.41, 5.74) is 6.66. The summed E-state index contributed by atoms with van der Waals surface area (Å²) in [6.07, 6.45) is 0.959. The van der Waals surface area contributed by atoms with E-state index in [1.165, 1.54) is 0 Å². The van der Waals surface area contributed by atoms with Crippen molar-refractivity contribution in [2.24, 2.45) is 17.6 Å². The number of piperidine rings is 1. The summed E-state index contributed by atoms with van der Waals surface area (Å²) in [5.74, 6) is 0.657. The summed E-state index contributed by atoms with van der Waals surface area (Å²) in [5, 5.41) is 3.51. The Morgan fingerprint density at radius 1 is 1.40 bits per heavy atom. The summed E-state index contributed by atoms with van der Waals surface area (Å²) in [7, 11) is 0. The van der Waals surface area contributed by atoms with Crippen LogP contribution < -0.4 is 15.8 Å². The highest BCUT2D eigenvalue weighted by molar-refractivity contribution is 5.78. The molecule has 20 heavy (non-hydrogen) atoms. The number of amides is 1. The van der Waals surface area contributed by atoms with Crippen molar-refractivity contribution >= 4 is 5.91 Å². The Kier molecular flexibility index (Phi) is 4.65. The minimum Gasteiger partial charge on any atom is -0.494 e. The topological polar surface area (TPSA) is 64.3 Å². The Labute approximate surface area is 120 Å². The number of nitrogens with one attached hydrogen (secondary N) is 1. The Morgan fingerprint density at radius 3 is 2.75 bits per heavy atom. The maximum Gasteiger partial charge on any atom is 0.222 e. The predicted octanol–water partition coefficient (Wildman–Crippen LogP) is 2.25. The van der Waals surface area contributed by atoms with Crippen molar-refractivity contribution in [3.05, 3.63) is 29.8 Å². The molecule has 4 atom stereocenters. The van der Waals surface area contributed by atoms with Crippen LogP contribution in [0.15, 0.2) is 24.3 Å². The number of para-hydroxylation sites is 1. The Bertz CT molecular complexity index is 475. The minimum atomic E-state index is -0.242. The molecule has 0 aliphatic carbocycles. The van der Waals surface area contributed by atoms with E-state index in [2.05, 4.69) is 19.2 Å². The maximum atomic E-state index is 11.9. The number of hydrogen-bond acceptors (Lipinski definition) is 3. The largest absolute Gasteiger partial charge is 0.494 e. The highest BCUT2D eigenvalue weighted by Gasteiger charge is 2.39. The van der Waals surface area contributed by atoms with Crippen molar-refractivity contribution in [3.63, 3.8) is 0 Å². The zero-order valence-electron chi connectivity index (χ0n) is 12.4. The first-order valence-corrected chi connectivity index (χ1v) is 7.31. The molecule has 4 nitrogen and oxygen atoms in total. The van der Waals surface area contributed by atoms with Crippen molar-refractivity contribution in [2.45, 2.75) is 39.3 Å². The van der Waals surface area contributed by atoms with Gasteiger partial charge >= 0.3 is 0 Å². The van der Waals surface area contributed by atoms with Gasteiger partial charge in [0.15, 0.2) is 0 Å². The van der Waals surface area contributed by atoms with Crippen LogP contribution >= 0.6 is 0 Å². The Hall–Kier alpha value is -1.55. The van der Waals surface area contributed by atoms with E-state index in [1.54, 1.807) is 0 Å². The van der Waals surface area contributed by atoms with Gasteiger partial charge in [-0.1, -0.05) is 25.1 Å². The van der Waals surface area contributed by atoms with Gasteiger partial charge in [0.05, 0.1) is 12.5 Å². The fourth-order valence-electron chi connectivity index (χ4n) is 3.26. The second-order valence-corrected chi connectivity index (χ2v) is 5.66. The first-order chi connectivity index (χ1) is 9.54. The average molecular weight is 276 g/mol. The van der Waals surface area contributed by atoms with Gasteiger partial charge in [0, 0.05) is 17.6 Å². The van der Waals surface area contributed by atoms with Gasteiger partial charge in [-0.3, -0.25) is 4.79 Å². The minimum absolute atomic E-state index is 0.0750. The number of benzene rings is 1. The van der Waals surface area contributed by atoms with Crippen LogP contribution in [-0.2, 0) is 4.79 Å². The molecule has 0 radical (unpaired) electrons. The van der Waals surface area contributed by atoms with Gasteiger partial charge in [0.25, 0.3) is 0 Å². The van der Waals surface area contributed by atoms with E-state index < -0.39 is 0 Å². The van der Waals surface area contributed by atoms with Gasteiger partial charge in [-0.05, 0) is 32.3 Å². The summed E-state index contributed by atoms with van der Waals surface area (Å²) < 4.78 is 5.70. The molecule has 110 valence electrons. The Balaban J connectivity index is 2.39. The molecule has 1 saturated heterocycles. The standard InChI is InChI=1S/C16H24N2O2/c1-4-20-13-8-6-5-7-12(13)15-14(16(17)19)10(2)9-11(3)18-15/h5-8,10-11,14-15,18H,4,9H2,1-3H3,(H2,17,19). The number of carbonyl (C=O) groups excluding carboxylic acids is 1. The summed E-state index contributed by atoms with van der Waals surface area (Å²) in [4.78, 5) is 11.9. The first-order valence-electron chi connectivity index (χ1n) is 7.31.